The summed E-state index contributed by atoms with van der Waals surface area (Å²) in [6.07, 6.45) is 0. The van der Waals surface area contributed by atoms with Crippen molar-refractivity contribution in [2.45, 2.75) is 0 Å². The van der Waals surface area contributed by atoms with Crippen LogP contribution in [0.15, 0.2) is 376 Å². The molecule has 0 saturated carbocycles. The van der Waals surface area contributed by atoms with Crippen LogP contribution in [0.5, 0.6) is 0 Å². The van der Waals surface area contributed by atoms with Gasteiger partial charge in [-0.3, -0.25) is 0 Å². The molecule has 424 valence electrons. The van der Waals surface area contributed by atoms with Crippen molar-refractivity contribution in [2.24, 2.45) is 0 Å². The third-order valence-corrected chi connectivity index (χ3v) is 28.2. The number of hydrogen-bond acceptors (Lipinski definition) is 3. The van der Waals surface area contributed by atoms with Crippen LogP contribution < -0.4 is 72.6 Å². The topological polar surface area (TPSA) is 9.72 Å². The van der Waals surface area contributed by atoms with E-state index in [-0.39, 0.29) is 6.71 Å². The number of para-hydroxylation sites is 3. The van der Waals surface area contributed by atoms with E-state index in [0.717, 1.165) is 51.2 Å². The minimum Gasteiger partial charge on any atom is -0.311 e. The van der Waals surface area contributed by atoms with E-state index < -0.39 is 16.1 Å². The largest absolute Gasteiger partial charge is 0.311 e. The molecule has 0 aliphatic carbocycles. The first kappa shape index (κ1) is 54.4. The third kappa shape index (κ3) is 9.10. The normalized spacial score (nSPS) is 12.4. The molecule has 2 aliphatic rings. The van der Waals surface area contributed by atoms with Gasteiger partial charge in [0.2, 0.25) is 0 Å². The second kappa shape index (κ2) is 23.2. The second-order valence-corrected chi connectivity index (χ2v) is 31.1. The molecule has 14 aromatic rings. The minimum atomic E-state index is -3.01. The smallest absolute Gasteiger partial charge is 0.252 e. The molecule has 3 nitrogen and oxygen atoms in total. The van der Waals surface area contributed by atoms with Crippen LogP contribution in [0.3, 0.4) is 0 Å². The first-order valence-electron chi connectivity index (χ1n) is 31.2. The highest BCUT2D eigenvalue weighted by molar-refractivity contribution is 7.20. The van der Waals surface area contributed by atoms with Gasteiger partial charge in [-0.25, -0.2) is 0 Å². The van der Waals surface area contributed by atoms with Crippen molar-refractivity contribution in [3.05, 3.63) is 376 Å². The van der Waals surface area contributed by atoms with Gasteiger partial charge in [-0.1, -0.05) is 303 Å². The Labute approximate surface area is 530 Å². The molecule has 0 aromatic heterocycles. The number of anilines is 9. The van der Waals surface area contributed by atoms with E-state index in [2.05, 4.69) is 391 Å². The lowest BCUT2D eigenvalue weighted by atomic mass is 9.33. The van der Waals surface area contributed by atoms with E-state index in [0.29, 0.717) is 0 Å². The van der Waals surface area contributed by atoms with Gasteiger partial charge in [0.15, 0.2) is 16.1 Å². The van der Waals surface area contributed by atoms with Crippen LogP contribution >= 0.6 is 0 Å². The van der Waals surface area contributed by atoms with E-state index in [1.165, 1.54) is 69.0 Å². The van der Waals surface area contributed by atoms with Gasteiger partial charge in [0, 0.05) is 45.5 Å². The molecule has 14 aromatic carbocycles. The molecule has 2 heterocycles. The number of nitrogens with zero attached hydrogens (tertiary/aromatic N) is 3. The molecule has 0 spiro atoms. The number of benzene rings is 14. The molecule has 0 radical (unpaired) electrons. The Morgan fingerprint density at radius 3 is 0.956 bits per heavy atom. The summed E-state index contributed by atoms with van der Waals surface area (Å²) in [6, 6.07) is 141. The fourth-order valence-electron chi connectivity index (χ4n) is 14.9. The van der Waals surface area contributed by atoms with Crippen LogP contribution in [0.1, 0.15) is 0 Å². The van der Waals surface area contributed by atoms with Crippen molar-refractivity contribution in [3.8, 4) is 11.1 Å². The molecule has 0 amide bonds. The Balaban J connectivity index is 1.01. The first-order valence-corrected chi connectivity index (χ1v) is 35.2. The summed E-state index contributed by atoms with van der Waals surface area (Å²) >= 11 is 0. The summed E-state index contributed by atoms with van der Waals surface area (Å²) in [7, 11) is -6.00. The van der Waals surface area contributed by atoms with E-state index in [1.807, 2.05) is 0 Å². The van der Waals surface area contributed by atoms with Crippen molar-refractivity contribution < 1.29 is 0 Å². The van der Waals surface area contributed by atoms with Gasteiger partial charge in [0.1, 0.15) is 0 Å². The number of hydrogen-bond donors (Lipinski definition) is 0. The van der Waals surface area contributed by atoms with Crippen LogP contribution in [0.2, 0.25) is 0 Å². The average molecular weight is 1180 g/mol. The summed E-state index contributed by atoms with van der Waals surface area (Å²) < 4.78 is 0. The summed E-state index contributed by atoms with van der Waals surface area (Å²) in [5.41, 5.74) is 16.1. The maximum atomic E-state index is 2.61. The predicted octanol–water partition coefficient (Wildman–Crippen LogP) is 13.7. The van der Waals surface area contributed by atoms with Gasteiger partial charge in [-0.15, -0.1) is 0 Å². The zero-order valence-corrected chi connectivity index (χ0v) is 51.7. The van der Waals surface area contributed by atoms with Crippen molar-refractivity contribution in [1.29, 1.82) is 0 Å². The van der Waals surface area contributed by atoms with Crippen molar-refractivity contribution in [1.82, 2.24) is 0 Å². The van der Waals surface area contributed by atoms with Gasteiger partial charge in [-0.2, -0.15) is 0 Å². The third-order valence-electron chi connectivity index (χ3n) is 18.7. The standard InChI is InChI=1S/C84H62BN3Si2/c1-10-32-63(33-11-1)64-56-57-81-79(58-64)85-78-54-28-29-55-80(78)87(67-38-30-52-76(59-67)89(70-40-16-4-17-41-70,71-42-18-5-19-43-71)72-44-20-6-21-45-72)82-61-69(86(65-34-12-2-13-35-65)66-36-14-3-15-37-66)62-83(84(82)85)88(81)68-39-31-53-77(60-68)90(73-46-22-7-23-47-73,74-48-24-8-25-49-74)75-50-26-9-27-51-75/h1-62H. The molecule has 0 bridgehead atoms. The highest BCUT2D eigenvalue weighted by atomic mass is 28.3. The van der Waals surface area contributed by atoms with Crippen LogP contribution in [-0.4, -0.2) is 22.9 Å². The Kier molecular flexibility index (Phi) is 14.0. The molecule has 16 rings (SSSR count). The van der Waals surface area contributed by atoms with Gasteiger partial charge in [0.25, 0.3) is 6.71 Å². The van der Waals surface area contributed by atoms with Gasteiger partial charge < -0.3 is 14.7 Å². The van der Waals surface area contributed by atoms with Crippen LogP contribution in [-0.2, 0) is 0 Å². The molecular weight excluding hydrogens is 1120 g/mol. The Morgan fingerprint density at radius 1 is 0.222 bits per heavy atom. The Bertz CT molecular complexity index is 4580. The Morgan fingerprint density at radius 2 is 0.556 bits per heavy atom. The molecule has 0 N–H and O–H groups in total. The molecule has 90 heavy (non-hydrogen) atoms. The van der Waals surface area contributed by atoms with Crippen molar-refractivity contribution in [2.75, 3.05) is 14.7 Å². The predicted molar refractivity (Wildman–Crippen MR) is 388 cm³/mol. The lowest BCUT2D eigenvalue weighted by Gasteiger charge is -2.45. The zero-order chi connectivity index (χ0) is 59.9. The lowest BCUT2D eigenvalue weighted by Crippen LogP contribution is -2.74. The summed E-state index contributed by atoms with van der Waals surface area (Å²) in [5, 5.41) is 10.6. The number of rotatable bonds is 14. The SMILES string of the molecule is c1ccc(-c2ccc3c(c2)B2c4ccccc4N(c4cccc([Si](c5ccccc5)(c5ccccc5)c5ccccc5)c4)c4cc(N(c5ccccc5)c5ccccc5)cc(c42)N3c2cccc([Si](c3ccccc3)(c3ccccc3)c3ccccc3)c2)cc1. The molecule has 0 saturated heterocycles. The van der Waals surface area contributed by atoms with Crippen molar-refractivity contribution in [3.63, 3.8) is 0 Å². The summed E-state index contributed by atoms with van der Waals surface area (Å²) in [5.74, 6) is 0. The fourth-order valence-corrected chi connectivity index (χ4v) is 24.5. The molecule has 0 atom stereocenters. The first-order chi connectivity index (χ1) is 44.7. The molecular formula is C84H62BN3Si2. The van der Waals surface area contributed by atoms with Gasteiger partial charge >= 0.3 is 0 Å². The Hall–Kier alpha value is -11.0. The minimum absolute atomic E-state index is 0.141. The maximum absolute atomic E-state index is 3.01. The van der Waals surface area contributed by atoms with E-state index in [4.69, 9.17) is 0 Å². The van der Waals surface area contributed by atoms with Crippen LogP contribution in [0.4, 0.5) is 51.2 Å². The lowest BCUT2D eigenvalue weighted by molar-refractivity contribution is 1.23. The van der Waals surface area contributed by atoms with Crippen LogP contribution in [0.25, 0.3) is 11.1 Å². The molecule has 6 heteroatoms. The zero-order valence-electron chi connectivity index (χ0n) is 49.7. The molecule has 0 unspecified atom stereocenters. The van der Waals surface area contributed by atoms with Gasteiger partial charge in [-0.05, 0) is 142 Å². The second-order valence-electron chi connectivity index (χ2n) is 23.5. The average Bonchev–Trinajstić information content (AvgIpc) is 0.710. The summed E-state index contributed by atoms with van der Waals surface area (Å²) in [6.45, 7) is -0.141. The van der Waals surface area contributed by atoms with E-state index in [1.54, 1.807) is 0 Å². The van der Waals surface area contributed by atoms with E-state index in [9.17, 15) is 0 Å². The fraction of sp³-hybridized carbons (Fsp3) is 0. The van der Waals surface area contributed by atoms with Crippen LogP contribution in [0, 0.1) is 0 Å². The van der Waals surface area contributed by atoms with Gasteiger partial charge in [0.05, 0.1) is 5.69 Å². The van der Waals surface area contributed by atoms with E-state index >= 15 is 0 Å². The van der Waals surface area contributed by atoms with Crippen molar-refractivity contribution >= 4 is 132 Å². The molecule has 2 aliphatic heterocycles. The quantitative estimate of drug-likeness (QED) is 0.0794. The highest BCUT2D eigenvalue weighted by Crippen LogP contribution is 2.48. The highest BCUT2D eigenvalue weighted by Gasteiger charge is 2.47. The maximum Gasteiger partial charge on any atom is 0.252 e. The monoisotopic (exact) mass is 1180 g/mol. The summed E-state index contributed by atoms with van der Waals surface area (Å²) in [4.78, 5) is 7.66. The number of fused-ring (bicyclic) bond motifs is 4. The molecule has 0 fully saturated rings.